The molecule has 1 unspecified atom stereocenters. The molecule has 1 N–H and O–H groups in total. The lowest BCUT2D eigenvalue weighted by Gasteiger charge is -2.23. The first kappa shape index (κ1) is 12.0. The summed E-state index contributed by atoms with van der Waals surface area (Å²) in [7, 11) is 0. The molecule has 0 saturated carbocycles. The largest absolute Gasteiger partial charge is 0.469 e. The van der Waals surface area contributed by atoms with E-state index < -0.39 is 5.92 Å². The van der Waals surface area contributed by atoms with E-state index >= 15 is 0 Å². The zero-order chi connectivity index (χ0) is 14.4. The van der Waals surface area contributed by atoms with Crippen LogP contribution in [0.2, 0.25) is 0 Å². The molecule has 0 saturated heterocycles. The van der Waals surface area contributed by atoms with E-state index in [2.05, 4.69) is 4.98 Å². The fourth-order valence-corrected chi connectivity index (χ4v) is 2.81. The molecule has 21 heavy (non-hydrogen) atoms. The van der Waals surface area contributed by atoms with Gasteiger partial charge in [0.2, 0.25) is 0 Å². The zero-order valence-electron chi connectivity index (χ0n) is 11.0. The second kappa shape index (κ2) is 4.34. The summed E-state index contributed by atoms with van der Waals surface area (Å²) in [5.74, 6) is 0.157. The smallest absolute Gasteiger partial charge is 0.312 e. The fraction of sp³-hybridized carbons (Fsp3) is 0.125. The van der Waals surface area contributed by atoms with Crippen LogP contribution in [0, 0.1) is 0 Å². The minimum Gasteiger partial charge on any atom is -0.469 e. The Hall–Kier alpha value is -2.82. The lowest BCUT2D eigenvalue weighted by atomic mass is 9.90. The molecule has 0 bridgehead atoms. The van der Waals surface area contributed by atoms with Gasteiger partial charge in [-0.25, -0.2) is 0 Å². The van der Waals surface area contributed by atoms with Gasteiger partial charge < -0.3 is 14.1 Å². The molecular weight excluding hydrogens is 270 g/mol. The number of hydrogen-bond acceptors (Lipinski definition) is 4. The van der Waals surface area contributed by atoms with Gasteiger partial charge in [-0.2, -0.15) is 0 Å². The number of fused-ring (bicyclic) bond motifs is 3. The van der Waals surface area contributed by atoms with Gasteiger partial charge in [0.1, 0.15) is 11.5 Å². The standard InChI is InChI=1S/C16H11NO4/c18-13-8-10(12-6-3-7-20-12)14-15(21-13)9-4-1-2-5-11(9)17-16(14)19/h1-7,10H,8H2,(H,17,19). The maximum absolute atomic E-state index is 12.4. The van der Waals surface area contributed by atoms with Crippen molar-refractivity contribution in [2.45, 2.75) is 12.3 Å². The molecule has 0 fully saturated rings. The molecule has 1 aliphatic rings. The number of nitrogens with one attached hydrogen (secondary N) is 1. The van der Waals surface area contributed by atoms with Crippen LogP contribution in [0.5, 0.6) is 5.75 Å². The predicted octanol–water partition coefficient (Wildman–Crippen LogP) is 2.56. The SMILES string of the molecule is O=C1CC(c2ccco2)c2c(c3ccccc3[nH]c2=O)O1. The second-order valence-electron chi connectivity index (χ2n) is 4.99. The van der Waals surface area contributed by atoms with E-state index in [4.69, 9.17) is 9.15 Å². The van der Waals surface area contributed by atoms with Gasteiger partial charge in [-0.05, 0) is 24.3 Å². The number of carbonyl (C=O) groups excluding carboxylic acids is 1. The van der Waals surface area contributed by atoms with Crippen molar-refractivity contribution in [2.24, 2.45) is 0 Å². The molecule has 3 heterocycles. The third kappa shape index (κ3) is 1.78. The van der Waals surface area contributed by atoms with Crippen LogP contribution in [0.15, 0.2) is 51.9 Å². The number of aromatic nitrogens is 1. The minimum absolute atomic E-state index is 0.0991. The number of para-hydroxylation sites is 1. The Balaban J connectivity index is 2.06. The van der Waals surface area contributed by atoms with Crippen LogP contribution in [0.4, 0.5) is 0 Å². The summed E-state index contributed by atoms with van der Waals surface area (Å²) in [6.45, 7) is 0. The number of benzene rings is 1. The summed E-state index contributed by atoms with van der Waals surface area (Å²) in [5.41, 5.74) is 0.843. The van der Waals surface area contributed by atoms with Crippen LogP contribution in [0.25, 0.3) is 10.9 Å². The van der Waals surface area contributed by atoms with Crippen molar-refractivity contribution >= 4 is 16.9 Å². The molecule has 0 amide bonds. The highest BCUT2D eigenvalue weighted by Gasteiger charge is 2.34. The Morgan fingerprint density at radius 3 is 2.76 bits per heavy atom. The third-order valence-electron chi connectivity index (χ3n) is 3.73. The van der Waals surface area contributed by atoms with Crippen molar-refractivity contribution in [1.82, 2.24) is 4.98 Å². The number of rotatable bonds is 1. The van der Waals surface area contributed by atoms with E-state index in [1.807, 2.05) is 18.2 Å². The normalized spacial score (nSPS) is 17.5. The van der Waals surface area contributed by atoms with Crippen LogP contribution in [-0.2, 0) is 4.79 Å². The fourth-order valence-electron chi connectivity index (χ4n) is 2.81. The van der Waals surface area contributed by atoms with Crippen molar-refractivity contribution in [2.75, 3.05) is 0 Å². The van der Waals surface area contributed by atoms with Crippen LogP contribution < -0.4 is 10.3 Å². The van der Waals surface area contributed by atoms with E-state index in [0.717, 1.165) is 5.39 Å². The van der Waals surface area contributed by atoms with E-state index in [1.165, 1.54) is 6.26 Å². The molecule has 1 aromatic carbocycles. The van der Waals surface area contributed by atoms with E-state index in [9.17, 15) is 9.59 Å². The van der Waals surface area contributed by atoms with Gasteiger partial charge in [0.05, 0.1) is 29.7 Å². The maximum atomic E-state index is 12.4. The Labute approximate surface area is 119 Å². The first-order chi connectivity index (χ1) is 10.2. The Morgan fingerprint density at radius 2 is 1.95 bits per heavy atom. The monoisotopic (exact) mass is 281 g/mol. The van der Waals surface area contributed by atoms with Crippen LogP contribution in [0.1, 0.15) is 23.7 Å². The van der Waals surface area contributed by atoms with Gasteiger partial charge in [0.15, 0.2) is 0 Å². The molecule has 1 aliphatic heterocycles. The topological polar surface area (TPSA) is 72.3 Å². The summed E-state index contributed by atoms with van der Waals surface area (Å²) < 4.78 is 10.7. The van der Waals surface area contributed by atoms with Crippen molar-refractivity contribution in [3.05, 3.63) is 64.3 Å². The van der Waals surface area contributed by atoms with Gasteiger partial charge in [-0.3, -0.25) is 9.59 Å². The number of ether oxygens (including phenoxy) is 1. The minimum atomic E-state index is -0.412. The van der Waals surface area contributed by atoms with Gasteiger partial charge in [-0.1, -0.05) is 12.1 Å². The second-order valence-corrected chi connectivity index (χ2v) is 4.99. The van der Waals surface area contributed by atoms with Crippen molar-refractivity contribution < 1.29 is 13.9 Å². The van der Waals surface area contributed by atoms with E-state index in [1.54, 1.807) is 18.2 Å². The van der Waals surface area contributed by atoms with Crippen molar-refractivity contribution in [3.63, 3.8) is 0 Å². The summed E-state index contributed by atoms with van der Waals surface area (Å²) in [6.07, 6.45) is 1.63. The summed E-state index contributed by atoms with van der Waals surface area (Å²) in [5, 5.41) is 0.719. The molecule has 0 spiro atoms. The zero-order valence-corrected chi connectivity index (χ0v) is 11.0. The van der Waals surface area contributed by atoms with Gasteiger partial charge in [-0.15, -0.1) is 0 Å². The Bertz CT molecular complexity index is 892. The average molecular weight is 281 g/mol. The molecule has 2 aromatic heterocycles. The van der Waals surface area contributed by atoms with Crippen LogP contribution in [0.3, 0.4) is 0 Å². The summed E-state index contributed by atoms with van der Waals surface area (Å²) >= 11 is 0. The highest BCUT2D eigenvalue weighted by Crippen LogP contribution is 2.39. The first-order valence-electron chi connectivity index (χ1n) is 6.63. The third-order valence-corrected chi connectivity index (χ3v) is 3.73. The molecular formula is C16H11NO4. The molecule has 5 nitrogen and oxygen atoms in total. The molecule has 1 atom stereocenters. The van der Waals surface area contributed by atoms with Gasteiger partial charge in [0.25, 0.3) is 5.56 Å². The predicted molar refractivity (Wildman–Crippen MR) is 75.4 cm³/mol. The van der Waals surface area contributed by atoms with Gasteiger partial charge in [0, 0.05) is 5.39 Å². The summed E-state index contributed by atoms with van der Waals surface area (Å²) in [6, 6.07) is 10.8. The maximum Gasteiger partial charge on any atom is 0.312 e. The number of esters is 1. The number of pyridine rings is 1. The molecule has 3 aromatic rings. The first-order valence-corrected chi connectivity index (χ1v) is 6.63. The number of carbonyl (C=O) groups is 1. The number of aromatic amines is 1. The quantitative estimate of drug-likeness (QED) is 0.696. The van der Waals surface area contributed by atoms with Gasteiger partial charge >= 0.3 is 5.97 Å². The van der Waals surface area contributed by atoms with Crippen molar-refractivity contribution in [1.29, 1.82) is 0 Å². The molecule has 104 valence electrons. The number of hydrogen-bond donors (Lipinski definition) is 1. The van der Waals surface area contributed by atoms with Crippen LogP contribution >= 0.6 is 0 Å². The van der Waals surface area contributed by atoms with Crippen molar-refractivity contribution in [3.8, 4) is 5.75 Å². The van der Waals surface area contributed by atoms with Crippen LogP contribution in [-0.4, -0.2) is 11.0 Å². The lowest BCUT2D eigenvalue weighted by Crippen LogP contribution is -2.28. The molecule has 4 rings (SSSR count). The Kier molecular flexibility index (Phi) is 2.47. The number of furan rings is 1. The molecule has 0 aliphatic carbocycles. The highest BCUT2D eigenvalue weighted by atomic mass is 16.5. The highest BCUT2D eigenvalue weighted by molar-refractivity contribution is 5.91. The number of H-pyrrole nitrogens is 1. The van der Waals surface area contributed by atoms with E-state index in [-0.39, 0.29) is 17.9 Å². The van der Waals surface area contributed by atoms with E-state index in [0.29, 0.717) is 22.6 Å². The summed E-state index contributed by atoms with van der Waals surface area (Å²) in [4.78, 5) is 27.1. The average Bonchev–Trinajstić information content (AvgIpc) is 3.00. The Morgan fingerprint density at radius 1 is 1.10 bits per heavy atom. The molecule has 5 heteroatoms. The molecule has 0 radical (unpaired) electrons. The lowest BCUT2D eigenvalue weighted by molar-refractivity contribution is -0.135.